The Hall–Kier alpha value is -4.49. The number of ether oxygens (including phenoxy) is 1. The highest BCUT2D eigenvalue weighted by molar-refractivity contribution is 5.89. The van der Waals surface area contributed by atoms with Crippen LogP contribution in [0.3, 0.4) is 0 Å². The van der Waals surface area contributed by atoms with Crippen LogP contribution in [0.25, 0.3) is 0 Å². The molecule has 2 aromatic carbocycles. The van der Waals surface area contributed by atoms with Crippen molar-refractivity contribution in [3.8, 4) is 11.5 Å². The highest BCUT2D eigenvalue weighted by Crippen LogP contribution is 2.35. The number of fused-ring (bicyclic) bond motifs is 4. The second kappa shape index (κ2) is 14.9. The first-order chi connectivity index (χ1) is 25.3. The molecular formula is C39H50N8O5. The average Bonchev–Trinajstić information content (AvgIpc) is 3.87. The van der Waals surface area contributed by atoms with E-state index < -0.39 is 11.6 Å². The molecule has 6 fully saturated rings. The van der Waals surface area contributed by atoms with Crippen LogP contribution in [0.2, 0.25) is 0 Å². The van der Waals surface area contributed by atoms with Crippen LogP contribution in [0.15, 0.2) is 60.8 Å². The number of phenolic OH excluding ortho intramolecular Hbond substituents is 1. The van der Waals surface area contributed by atoms with Crippen LogP contribution in [0, 0.1) is 0 Å². The Morgan fingerprint density at radius 2 is 1.60 bits per heavy atom. The molecule has 13 nitrogen and oxygen atoms in total. The monoisotopic (exact) mass is 710 g/mol. The minimum Gasteiger partial charge on any atom is -0.508 e. The van der Waals surface area contributed by atoms with Gasteiger partial charge in [-0.3, -0.25) is 24.2 Å². The van der Waals surface area contributed by atoms with Crippen LogP contribution in [0.1, 0.15) is 75.1 Å². The van der Waals surface area contributed by atoms with E-state index in [1.54, 1.807) is 11.0 Å². The van der Waals surface area contributed by atoms with Crippen molar-refractivity contribution in [3.05, 3.63) is 72.1 Å². The molecule has 3 atom stereocenters. The van der Waals surface area contributed by atoms with Crippen molar-refractivity contribution < 1.29 is 24.2 Å². The number of nitrogens with one attached hydrogen (secondary N) is 1. The van der Waals surface area contributed by atoms with Gasteiger partial charge in [-0.2, -0.15) is 0 Å². The molecule has 0 saturated carbocycles. The molecule has 0 unspecified atom stereocenters. The molecule has 9 rings (SSSR count). The fourth-order valence-corrected chi connectivity index (χ4v) is 9.19. The number of amides is 3. The summed E-state index contributed by atoms with van der Waals surface area (Å²) in [6, 6.07) is 16.3. The summed E-state index contributed by atoms with van der Waals surface area (Å²) in [6.45, 7) is 4.80. The fourth-order valence-electron chi connectivity index (χ4n) is 9.19. The van der Waals surface area contributed by atoms with Gasteiger partial charge in [0.15, 0.2) is 0 Å². The highest BCUT2D eigenvalue weighted by atomic mass is 16.5. The normalized spacial score (nSPS) is 26.2. The molecule has 6 aliphatic rings. The van der Waals surface area contributed by atoms with Gasteiger partial charge >= 0.3 is 0 Å². The number of para-hydroxylation sites is 2. The van der Waals surface area contributed by atoms with Crippen LogP contribution < -0.4 is 10.1 Å². The highest BCUT2D eigenvalue weighted by Gasteiger charge is 2.47. The number of rotatable bonds is 6. The van der Waals surface area contributed by atoms with Crippen molar-refractivity contribution in [1.82, 2.24) is 39.9 Å². The smallest absolute Gasteiger partial charge is 0.245 e. The van der Waals surface area contributed by atoms with Gasteiger partial charge in [0.25, 0.3) is 0 Å². The zero-order chi connectivity index (χ0) is 35.7. The van der Waals surface area contributed by atoms with E-state index in [1.807, 2.05) is 64.3 Å². The SMILES string of the molecule is O=C1NC2(CCN(Cc3ccccc3O)CC2)CC(=O)N2CC[C@@H](n3cc(COc4ccccc4)nn3)C[C@H]2C(=O)N2CCC(CC2)N2CCC[C@@H]12. The first-order valence-corrected chi connectivity index (χ1v) is 19.1. The molecule has 6 saturated heterocycles. The quantitative estimate of drug-likeness (QED) is 0.396. The van der Waals surface area contributed by atoms with Crippen molar-refractivity contribution in [2.75, 3.05) is 39.3 Å². The molecule has 7 heterocycles. The molecule has 2 N–H and O–H groups in total. The van der Waals surface area contributed by atoms with Crippen LogP contribution in [-0.4, -0.2) is 120 Å². The van der Waals surface area contributed by atoms with Gasteiger partial charge in [0.1, 0.15) is 29.8 Å². The maximum Gasteiger partial charge on any atom is 0.245 e. The van der Waals surface area contributed by atoms with E-state index in [4.69, 9.17) is 4.74 Å². The zero-order valence-electron chi connectivity index (χ0n) is 29.8. The largest absolute Gasteiger partial charge is 0.508 e. The number of hydrogen-bond acceptors (Lipinski definition) is 9. The number of carbonyl (C=O) groups excluding carboxylic acids is 3. The Morgan fingerprint density at radius 1 is 0.846 bits per heavy atom. The summed E-state index contributed by atoms with van der Waals surface area (Å²) >= 11 is 0. The van der Waals surface area contributed by atoms with E-state index in [1.165, 1.54) is 0 Å². The summed E-state index contributed by atoms with van der Waals surface area (Å²) in [4.78, 5) is 51.6. The third kappa shape index (κ3) is 7.25. The predicted octanol–water partition coefficient (Wildman–Crippen LogP) is 3.10. The summed E-state index contributed by atoms with van der Waals surface area (Å²) < 4.78 is 7.73. The van der Waals surface area contributed by atoms with Gasteiger partial charge in [0.05, 0.1) is 30.2 Å². The molecule has 276 valence electrons. The molecule has 3 aromatic rings. The van der Waals surface area contributed by atoms with Gasteiger partial charge in [-0.15, -0.1) is 5.10 Å². The van der Waals surface area contributed by atoms with Crippen molar-refractivity contribution in [2.45, 2.75) is 101 Å². The van der Waals surface area contributed by atoms with E-state index in [-0.39, 0.29) is 54.6 Å². The molecule has 13 heteroatoms. The maximum atomic E-state index is 14.6. The zero-order valence-corrected chi connectivity index (χ0v) is 29.8. The van der Waals surface area contributed by atoms with Crippen molar-refractivity contribution in [3.63, 3.8) is 0 Å². The topological polar surface area (TPSA) is 136 Å². The summed E-state index contributed by atoms with van der Waals surface area (Å²) in [5, 5.41) is 22.7. The number of likely N-dealkylation sites (tertiary alicyclic amines) is 1. The Kier molecular flexibility index (Phi) is 9.89. The van der Waals surface area contributed by atoms with Gasteiger partial charge in [0, 0.05) is 50.9 Å². The van der Waals surface area contributed by atoms with Crippen molar-refractivity contribution >= 4 is 17.7 Å². The molecule has 52 heavy (non-hydrogen) atoms. The first kappa shape index (κ1) is 34.6. The van der Waals surface area contributed by atoms with Gasteiger partial charge in [-0.05, 0) is 76.1 Å². The van der Waals surface area contributed by atoms with E-state index >= 15 is 0 Å². The molecule has 6 aliphatic heterocycles. The van der Waals surface area contributed by atoms with E-state index in [0.29, 0.717) is 70.6 Å². The third-order valence-corrected chi connectivity index (χ3v) is 12.2. The van der Waals surface area contributed by atoms with E-state index in [9.17, 15) is 19.5 Å². The Labute approximate surface area is 304 Å². The standard InChI is InChI=1S/C39H50N8O5/c48-35-11-5-4-7-28(35)25-43-21-15-39(16-22-43)24-36(49)46-20-14-31(47-26-29(41-42-47)27-52-32-8-2-1-3-9-32)23-34(46)38(51)44-18-12-30(13-19-44)45-17-6-10-33(45)37(50)40-39/h1-5,7-9,11,26,30-31,33-34,48H,6,10,12-25,27H2,(H,40,50)/t31-,33+,34+/m1/s1. The van der Waals surface area contributed by atoms with E-state index in [2.05, 4.69) is 25.4 Å². The summed E-state index contributed by atoms with van der Waals surface area (Å²) in [5.41, 5.74) is 0.850. The lowest BCUT2D eigenvalue weighted by molar-refractivity contribution is -0.152. The van der Waals surface area contributed by atoms with Crippen LogP contribution in [0.4, 0.5) is 0 Å². The van der Waals surface area contributed by atoms with Crippen LogP contribution in [-0.2, 0) is 27.5 Å². The fraction of sp³-hybridized carbons (Fsp3) is 0.564. The Balaban J connectivity index is 1.03. The molecule has 0 radical (unpaired) electrons. The maximum absolute atomic E-state index is 14.6. The molecule has 0 aliphatic carbocycles. The number of benzene rings is 2. The predicted molar refractivity (Wildman–Crippen MR) is 192 cm³/mol. The van der Waals surface area contributed by atoms with Crippen molar-refractivity contribution in [2.24, 2.45) is 0 Å². The van der Waals surface area contributed by atoms with Gasteiger partial charge in [-0.25, -0.2) is 4.68 Å². The lowest BCUT2D eigenvalue weighted by Gasteiger charge is -2.47. The number of hydrogen-bond donors (Lipinski definition) is 2. The summed E-state index contributed by atoms with van der Waals surface area (Å²) in [5.74, 6) is 0.987. The number of aromatic nitrogens is 3. The lowest BCUT2D eigenvalue weighted by atomic mass is 9.82. The second-order valence-electron chi connectivity index (χ2n) is 15.4. The Morgan fingerprint density at radius 3 is 2.38 bits per heavy atom. The van der Waals surface area contributed by atoms with Gasteiger partial charge in [-0.1, -0.05) is 41.6 Å². The number of piperidine rings is 3. The number of carbonyl (C=O) groups is 3. The van der Waals surface area contributed by atoms with Crippen LogP contribution >= 0.6 is 0 Å². The average molecular weight is 711 g/mol. The minimum absolute atomic E-state index is 0.00912. The molecule has 1 spiro atoms. The molecule has 2 bridgehead atoms. The van der Waals surface area contributed by atoms with Crippen molar-refractivity contribution in [1.29, 1.82) is 0 Å². The third-order valence-electron chi connectivity index (χ3n) is 12.2. The van der Waals surface area contributed by atoms with Gasteiger partial charge in [0.2, 0.25) is 17.7 Å². The minimum atomic E-state index is -0.717. The second-order valence-corrected chi connectivity index (χ2v) is 15.4. The molecular weight excluding hydrogens is 660 g/mol. The number of aromatic hydroxyl groups is 1. The first-order valence-electron chi connectivity index (χ1n) is 19.1. The molecule has 1 aromatic heterocycles. The summed E-state index contributed by atoms with van der Waals surface area (Å²) in [6.07, 6.45) is 7.79. The van der Waals surface area contributed by atoms with E-state index in [0.717, 1.165) is 43.5 Å². The number of nitrogens with zero attached hydrogens (tertiary/aromatic N) is 7. The summed E-state index contributed by atoms with van der Waals surface area (Å²) in [7, 11) is 0. The van der Waals surface area contributed by atoms with Gasteiger partial charge < -0.3 is 25.0 Å². The van der Waals surface area contributed by atoms with Crippen LogP contribution in [0.5, 0.6) is 11.5 Å². The molecule has 3 amide bonds. The number of phenols is 1. The lowest BCUT2D eigenvalue weighted by Crippen LogP contribution is -2.63. The Bertz CT molecular complexity index is 1730.